The van der Waals surface area contributed by atoms with Crippen molar-refractivity contribution in [2.45, 2.75) is 32.7 Å². The van der Waals surface area contributed by atoms with Gasteiger partial charge in [0.05, 0.1) is 0 Å². The van der Waals surface area contributed by atoms with E-state index in [0.717, 1.165) is 19.3 Å². The fourth-order valence-corrected chi connectivity index (χ4v) is 1.74. The lowest BCUT2D eigenvalue weighted by Gasteiger charge is -2.09. The molecular weight excluding hydrogens is 255 g/mol. The molecule has 0 unspecified atom stereocenters. The molecule has 0 fully saturated rings. The molecule has 0 radical (unpaired) electrons. The smallest absolute Gasteiger partial charge is 0.315 e. The van der Waals surface area contributed by atoms with Crippen molar-refractivity contribution in [3.63, 3.8) is 0 Å². The molecule has 3 nitrogen and oxygen atoms in total. The molecule has 0 bridgehead atoms. The van der Waals surface area contributed by atoms with Crippen LogP contribution in [0, 0.1) is 5.82 Å². The summed E-state index contributed by atoms with van der Waals surface area (Å²) in [5, 5.41) is 5.61. The van der Waals surface area contributed by atoms with Crippen LogP contribution in [0.2, 0.25) is 5.02 Å². The largest absolute Gasteiger partial charge is 0.338 e. The Morgan fingerprint density at radius 3 is 2.78 bits per heavy atom. The zero-order valence-corrected chi connectivity index (χ0v) is 11.2. The van der Waals surface area contributed by atoms with Crippen LogP contribution in [-0.4, -0.2) is 12.6 Å². The van der Waals surface area contributed by atoms with E-state index in [1.165, 1.54) is 12.1 Å². The molecule has 100 valence electrons. The van der Waals surface area contributed by atoms with E-state index in [9.17, 15) is 9.18 Å². The fourth-order valence-electron chi connectivity index (χ4n) is 1.51. The zero-order valence-electron chi connectivity index (χ0n) is 10.4. The van der Waals surface area contributed by atoms with E-state index in [-0.39, 0.29) is 12.6 Å². The highest BCUT2D eigenvalue weighted by Gasteiger charge is 2.07. The second-order valence-corrected chi connectivity index (χ2v) is 4.42. The summed E-state index contributed by atoms with van der Waals surface area (Å²) in [6.07, 6.45) is 3.14. The number of halogens is 2. The lowest BCUT2D eigenvalue weighted by Crippen LogP contribution is -2.35. The summed E-state index contributed by atoms with van der Waals surface area (Å²) >= 11 is 5.85. The number of rotatable bonds is 6. The van der Waals surface area contributed by atoms with Crippen LogP contribution in [0.4, 0.5) is 9.18 Å². The first-order valence-corrected chi connectivity index (χ1v) is 6.47. The molecule has 0 saturated heterocycles. The Bertz CT molecular complexity index is 378. The van der Waals surface area contributed by atoms with Crippen molar-refractivity contribution < 1.29 is 9.18 Å². The molecule has 0 spiro atoms. The molecule has 0 aromatic heterocycles. The Labute approximate surface area is 112 Å². The molecule has 2 N–H and O–H groups in total. The summed E-state index contributed by atoms with van der Waals surface area (Å²) in [5.41, 5.74) is 0.308. The van der Waals surface area contributed by atoms with Gasteiger partial charge < -0.3 is 10.6 Å². The minimum atomic E-state index is -0.409. The Morgan fingerprint density at radius 1 is 1.33 bits per heavy atom. The van der Waals surface area contributed by atoms with Gasteiger partial charge in [0, 0.05) is 23.7 Å². The highest BCUT2D eigenvalue weighted by molar-refractivity contribution is 6.31. The normalized spacial score (nSPS) is 10.2. The summed E-state index contributed by atoms with van der Waals surface area (Å²) in [7, 11) is 0. The molecule has 1 rings (SSSR count). The molecule has 0 saturated carbocycles. The summed E-state index contributed by atoms with van der Waals surface area (Å²) in [4.78, 5) is 11.4. The minimum Gasteiger partial charge on any atom is -0.338 e. The molecule has 0 aliphatic heterocycles. The Balaban J connectivity index is 2.34. The second-order valence-electron chi connectivity index (χ2n) is 4.02. The van der Waals surface area contributed by atoms with E-state index in [2.05, 4.69) is 17.6 Å². The maximum absolute atomic E-state index is 13.4. The summed E-state index contributed by atoms with van der Waals surface area (Å²) in [6, 6.07) is 4.15. The van der Waals surface area contributed by atoms with E-state index in [1.54, 1.807) is 6.07 Å². The summed E-state index contributed by atoms with van der Waals surface area (Å²) in [6.45, 7) is 2.82. The van der Waals surface area contributed by atoms with Gasteiger partial charge in [0.15, 0.2) is 0 Å². The van der Waals surface area contributed by atoms with Crippen LogP contribution in [0.25, 0.3) is 0 Å². The minimum absolute atomic E-state index is 0.0884. The number of carbonyl (C=O) groups excluding carboxylic acids is 1. The maximum atomic E-state index is 13.4. The van der Waals surface area contributed by atoms with Gasteiger partial charge in [0.2, 0.25) is 0 Å². The lowest BCUT2D eigenvalue weighted by molar-refractivity contribution is 0.240. The molecule has 18 heavy (non-hydrogen) atoms. The number of unbranched alkanes of at least 4 members (excludes halogenated alkanes) is 2. The van der Waals surface area contributed by atoms with Gasteiger partial charge in [-0.2, -0.15) is 0 Å². The zero-order chi connectivity index (χ0) is 13.4. The highest BCUT2D eigenvalue weighted by Crippen LogP contribution is 2.18. The van der Waals surface area contributed by atoms with Gasteiger partial charge >= 0.3 is 6.03 Å². The van der Waals surface area contributed by atoms with Crippen molar-refractivity contribution in [3.8, 4) is 0 Å². The van der Waals surface area contributed by atoms with Gasteiger partial charge in [-0.15, -0.1) is 0 Å². The van der Waals surface area contributed by atoms with E-state index >= 15 is 0 Å². The topological polar surface area (TPSA) is 41.1 Å². The average Bonchev–Trinajstić information content (AvgIpc) is 2.34. The van der Waals surface area contributed by atoms with Crippen molar-refractivity contribution in [2.75, 3.05) is 6.54 Å². The third-order valence-electron chi connectivity index (χ3n) is 2.55. The first kappa shape index (κ1) is 14.8. The van der Waals surface area contributed by atoms with E-state index in [4.69, 9.17) is 11.6 Å². The lowest BCUT2D eigenvalue weighted by atomic mass is 10.2. The number of urea groups is 1. The van der Waals surface area contributed by atoms with Crippen LogP contribution >= 0.6 is 11.6 Å². The maximum Gasteiger partial charge on any atom is 0.315 e. The van der Waals surface area contributed by atoms with Crippen LogP contribution in [-0.2, 0) is 6.54 Å². The number of hydrogen-bond acceptors (Lipinski definition) is 1. The van der Waals surface area contributed by atoms with Gasteiger partial charge in [0.1, 0.15) is 5.82 Å². The van der Waals surface area contributed by atoms with Crippen LogP contribution in [0.1, 0.15) is 31.7 Å². The van der Waals surface area contributed by atoms with Crippen molar-refractivity contribution in [2.24, 2.45) is 0 Å². The van der Waals surface area contributed by atoms with E-state index < -0.39 is 5.82 Å². The second kappa shape index (κ2) is 7.93. The molecule has 0 aliphatic rings. The predicted octanol–water partition coefficient (Wildman–Crippen LogP) is 3.47. The van der Waals surface area contributed by atoms with Crippen molar-refractivity contribution >= 4 is 17.6 Å². The van der Waals surface area contributed by atoms with Crippen LogP contribution in [0.5, 0.6) is 0 Å². The molecular formula is C13H18ClFN2O. The standard InChI is InChI=1S/C13H18ClFN2O/c1-2-3-4-8-16-13(18)17-9-10-11(14)6-5-7-12(10)15/h5-7H,2-4,8-9H2,1H3,(H2,16,17,18). The fraction of sp³-hybridized carbons (Fsp3) is 0.462. The number of hydrogen-bond donors (Lipinski definition) is 2. The first-order chi connectivity index (χ1) is 8.65. The molecule has 1 aromatic rings. The SMILES string of the molecule is CCCCCNC(=O)NCc1c(F)cccc1Cl. The van der Waals surface area contributed by atoms with Crippen LogP contribution < -0.4 is 10.6 Å². The Morgan fingerprint density at radius 2 is 2.11 bits per heavy atom. The van der Waals surface area contributed by atoms with Crippen molar-refractivity contribution in [1.82, 2.24) is 10.6 Å². The number of benzene rings is 1. The monoisotopic (exact) mass is 272 g/mol. The average molecular weight is 273 g/mol. The number of nitrogens with one attached hydrogen (secondary N) is 2. The van der Waals surface area contributed by atoms with E-state index in [0.29, 0.717) is 17.1 Å². The third kappa shape index (κ3) is 4.92. The number of amides is 2. The van der Waals surface area contributed by atoms with Gasteiger partial charge in [-0.25, -0.2) is 9.18 Å². The molecule has 0 heterocycles. The highest BCUT2D eigenvalue weighted by atomic mass is 35.5. The molecule has 1 aromatic carbocycles. The van der Waals surface area contributed by atoms with Gasteiger partial charge in [-0.1, -0.05) is 37.4 Å². The van der Waals surface area contributed by atoms with Crippen molar-refractivity contribution in [3.05, 3.63) is 34.6 Å². The van der Waals surface area contributed by atoms with Crippen molar-refractivity contribution in [1.29, 1.82) is 0 Å². The van der Waals surface area contributed by atoms with E-state index in [1.807, 2.05) is 0 Å². The molecule has 2 amide bonds. The first-order valence-electron chi connectivity index (χ1n) is 6.09. The van der Waals surface area contributed by atoms with Crippen LogP contribution in [0.15, 0.2) is 18.2 Å². The molecule has 0 aliphatic carbocycles. The third-order valence-corrected chi connectivity index (χ3v) is 2.91. The molecule has 0 atom stereocenters. The number of carbonyl (C=O) groups is 1. The van der Waals surface area contributed by atoms with Crippen LogP contribution in [0.3, 0.4) is 0 Å². The Kier molecular flexibility index (Phi) is 6.50. The predicted molar refractivity (Wildman–Crippen MR) is 71.2 cm³/mol. The van der Waals surface area contributed by atoms with Gasteiger partial charge in [-0.05, 0) is 18.6 Å². The summed E-state index contributed by atoms with van der Waals surface area (Å²) < 4.78 is 13.4. The molecule has 5 heteroatoms. The Hall–Kier alpha value is -1.29. The quantitative estimate of drug-likeness (QED) is 0.765. The van der Waals surface area contributed by atoms with Gasteiger partial charge in [0.25, 0.3) is 0 Å². The summed E-state index contributed by atoms with van der Waals surface area (Å²) in [5.74, 6) is -0.409. The van der Waals surface area contributed by atoms with Gasteiger partial charge in [-0.3, -0.25) is 0 Å².